The van der Waals surface area contributed by atoms with Crippen LogP contribution in [-0.2, 0) is 0 Å². The number of hydrogen-bond donors (Lipinski definition) is 1. The third kappa shape index (κ3) is 1.69. The Bertz CT molecular complexity index is 280. The Kier molecular flexibility index (Phi) is 2.81. The van der Waals surface area contributed by atoms with Crippen LogP contribution in [0.4, 0.5) is 0 Å². The number of hydrogen-bond acceptors (Lipinski definition) is 1. The lowest BCUT2D eigenvalue weighted by Gasteiger charge is -2.63. The first kappa shape index (κ1) is 12.0. The largest absolute Gasteiger partial charge is 0.330 e. The van der Waals surface area contributed by atoms with Crippen molar-refractivity contribution in [1.82, 2.24) is 0 Å². The van der Waals surface area contributed by atoms with E-state index < -0.39 is 0 Å². The molecule has 4 aliphatic rings. The van der Waals surface area contributed by atoms with Gasteiger partial charge in [0.15, 0.2) is 0 Å². The molecule has 3 unspecified atom stereocenters. The van der Waals surface area contributed by atoms with Crippen molar-refractivity contribution < 1.29 is 0 Å². The van der Waals surface area contributed by atoms with Crippen molar-refractivity contribution in [1.29, 1.82) is 0 Å². The van der Waals surface area contributed by atoms with Gasteiger partial charge in [-0.2, -0.15) is 0 Å². The lowest BCUT2D eigenvalue weighted by atomic mass is 9.42. The summed E-state index contributed by atoms with van der Waals surface area (Å²) < 4.78 is 0. The molecule has 0 heterocycles. The Labute approximate surface area is 107 Å². The van der Waals surface area contributed by atoms with Gasteiger partial charge in [0.1, 0.15) is 0 Å². The van der Waals surface area contributed by atoms with Crippen LogP contribution >= 0.6 is 0 Å². The molecule has 0 saturated heterocycles. The molecule has 2 N–H and O–H groups in total. The first-order valence-corrected chi connectivity index (χ1v) is 7.76. The Hall–Kier alpha value is -0.0400. The highest BCUT2D eigenvalue weighted by Gasteiger charge is 2.56. The average molecular weight is 235 g/mol. The van der Waals surface area contributed by atoms with Crippen LogP contribution in [0.25, 0.3) is 0 Å². The number of rotatable bonds is 3. The summed E-state index contributed by atoms with van der Waals surface area (Å²) in [5.41, 5.74) is 6.67. The molecule has 0 aromatic rings. The first-order valence-electron chi connectivity index (χ1n) is 7.76. The summed E-state index contributed by atoms with van der Waals surface area (Å²) in [4.78, 5) is 0. The Morgan fingerprint density at radius 3 is 2.12 bits per heavy atom. The van der Waals surface area contributed by atoms with E-state index in [0.717, 1.165) is 47.5 Å². The predicted molar refractivity (Wildman–Crippen MR) is 72.5 cm³/mol. The van der Waals surface area contributed by atoms with E-state index in [1.807, 2.05) is 0 Å². The van der Waals surface area contributed by atoms with E-state index in [1.54, 1.807) is 6.42 Å². The minimum Gasteiger partial charge on any atom is -0.330 e. The molecule has 1 nitrogen and oxygen atoms in total. The molecule has 0 radical (unpaired) electrons. The van der Waals surface area contributed by atoms with E-state index in [1.165, 1.54) is 25.7 Å². The Morgan fingerprint density at radius 1 is 1.06 bits per heavy atom. The van der Waals surface area contributed by atoms with Gasteiger partial charge >= 0.3 is 0 Å². The predicted octanol–water partition coefficient (Wildman–Crippen LogP) is 3.68. The second-order valence-electron chi connectivity index (χ2n) is 7.78. The number of nitrogens with two attached hydrogens (primary N) is 1. The third-order valence-corrected chi connectivity index (χ3v) is 6.65. The first-order chi connectivity index (χ1) is 8.05. The molecule has 17 heavy (non-hydrogen) atoms. The van der Waals surface area contributed by atoms with Gasteiger partial charge in [0, 0.05) is 0 Å². The van der Waals surface area contributed by atoms with Crippen molar-refractivity contribution in [3.05, 3.63) is 0 Å². The summed E-state index contributed by atoms with van der Waals surface area (Å²) in [6, 6.07) is 0. The van der Waals surface area contributed by atoms with Gasteiger partial charge in [-0.25, -0.2) is 0 Å². The summed E-state index contributed by atoms with van der Waals surface area (Å²) in [5, 5.41) is 0. The molecule has 0 aliphatic heterocycles. The van der Waals surface area contributed by atoms with Crippen LogP contribution in [0.3, 0.4) is 0 Å². The van der Waals surface area contributed by atoms with Crippen molar-refractivity contribution in [3.63, 3.8) is 0 Å². The summed E-state index contributed by atoms with van der Waals surface area (Å²) >= 11 is 0. The van der Waals surface area contributed by atoms with Crippen molar-refractivity contribution in [2.24, 2.45) is 46.7 Å². The molecule has 0 aromatic heterocycles. The van der Waals surface area contributed by atoms with Gasteiger partial charge in [0.25, 0.3) is 0 Å². The lowest BCUT2D eigenvalue weighted by molar-refractivity contribution is -0.129. The third-order valence-electron chi connectivity index (χ3n) is 6.65. The molecule has 4 aliphatic carbocycles. The maximum atomic E-state index is 5.94. The van der Waals surface area contributed by atoms with E-state index in [-0.39, 0.29) is 0 Å². The maximum absolute atomic E-state index is 5.94. The van der Waals surface area contributed by atoms with Crippen molar-refractivity contribution >= 4 is 0 Å². The molecule has 4 fully saturated rings. The van der Waals surface area contributed by atoms with E-state index in [4.69, 9.17) is 5.73 Å². The lowest BCUT2D eigenvalue weighted by Crippen LogP contribution is -2.54. The molecule has 0 spiro atoms. The highest BCUT2D eigenvalue weighted by molar-refractivity contribution is 5.06. The molecule has 4 bridgehead atoms. The zero-order chi connectivity index (χ0) is 12.2. The standard InChI is InChI=1S/C16H29N/c1-10(2)16-6-12-4-13(7-16)15(11(3)9-17)14(5-12)8-16/h10-15H,4-9,17H2,1-3H3. The molecule has 98 valence electrons. The fourth-order valence-corrected chi connectivity index (χ4v) is 5.92. The normalized spacial score (nSPS) is 49.9. The van der Waals surface area contributed by atoms with Gasteiger partial charge in [0.2, 0.25) is 0 Å². The molecular weight excluding hydrogens is 206 g/mol. The molecular formula is C16H29N. The van der Waals surface area contributed by atoms with Crippen LogP contribution in [0.1, 0.15) is 52.9 Å². The molecule has 0 aromatic carbocycles. The van der Waals surface area contributed by atoms with Gasteiger partial charge in [-0.3, -0.25) is 0 Å². The maximum Gasteiger partial charge on any atom is -0.00487 e. The van der Waals surface area contributed by atoms with Crippen LogP contribution in [0.2, 0.25) is 0 Å². The molecule has 4 rings (SSSR count). The van der Waals surface area contributed by atoms with Gasteiger partial charge in [-0.05, 0) is 79.6 Å². The molecule has 4 saturated carbocycles. The van der Waals surface area contributed by atoms with Crippen LogP contribution in [0, 0.1) is 40.9 Å². The average Bonchev–Trinajstić information content (AvgIpc) is 2.27. The Balaban J connectivity index is 1.86. The van der Waals surface area contributed by atoms with E-state index >= 15 is 0 Å². The monoisotopic (exact) mass is 235 g/mol. The zero-order valence-corrected chi connectivity index (χ0v) is 11.8. The Morgan fingerprint density at radius 2 is 1.65 bits per heavy atom. The van der Waals surface area contributed by atoms with Gasteiger partial charge < -0.3 is 5.73 Å². The minimum atomic E-state index is 0.724. The summed E-state index contributed by atoms with van der Waals surface area (Å²) in [6.45, 7) is 8.23. The van der Waals surface area contributed by atoms with Crippen LogP contribution in [0.5, 0.6) is 0 Å². The van der Waals surface area contributed by atoms with Crippen molar-refractivity contribution in [3.8, 4) is 0 Å². The quantitative estimate of drug-likeness (QED) is 0.793. The van der Waals surface area contributed by atoms with Gasteiger partial charge in [-0.1, -0.05) is 20.8 Å². The fraction of sp³-hybridized carbons (Fsp3) is 1.00. The SMILES string of the molecule is CC(CN)C1C2CC3CC1CC(C(C)C)(C3)C2. The topological polar surface area (TPSA) is 26.0 Å². The van der Waals surface area contributed by atoms with Gasteiger partial charge in [0.05, 0.1) is 0 Å². The summed E-state index contributed by atoms with van der Waals surface area (Å²) in [6.07, 6.45) is 7.64. The smallest absolute Gasteiger partial charge is 0.00487 e. The van der Waals surface area contributed by atoms with Crippen LogP contribution in [0.15, 0.2) is 0 Å². The summed E-state index contributed by atoms with van der Waals surface area (Å²) in [5.74, 6) is 5.71. The van der Waals surface area contributed by atoms with Crippen molar-refractivity contribution in [2.75, 3.05) is 6.54 Å². The molecule has 1 heteroatoms. The van der Waals surface area contributed by atoms with Gasteiger partial charge in [-0.15, -0.1) is 0 Å². The van der Waals surface area contributed by atoms with Crippen molar-refractivity contribution in [2.45, 2.75) is 52.9 Å². The highest BCUT2D eigenvalue weighted by atomic mass is 14.6. The van der Waals surface area contributed by atoms with E-state index in [0.29, 0.717) is 0 Å². The molecule has 0 amide bonds. The molecule has 3 atom stereocenters. The summed E-state index contributed by atoms with van der Waals surface area (Å²) in [7, 11) is 0. The highest BCUT2D eigenvalue weighted by Crippen LogP contribution is 2.65. The fourth-order valence-electron chi connectivity index (χ4n) is 5.92. The zero-order valence-electron chi connectivity index (χ0n) is 11.8. The van der Waals surface area contributed by atoms with E-state index in [2.05, 4.69) is 20.8 Å². The second-order valence-corrected chi connectivity index (χ2v) is 7.78. The minimum absolute atomic E-state index is 0.724. The van der Waals surface area contributed by atoms with Crippen LogP contribution in [-0.4, -0.2) is 6.54 Å². The van der Waals surface area contributed by atoms with E-state index in [9.17, 15) is 0 Å². The second kappa shape index (κ2) is 3.98. The van der Waals surface area contributed by atoms with Crippen LogP contribution < -0.4 is 5.73 Å².